The fraction of sp³-hybridized carbons (Fsp3) is 0.176. The van der Waals surface area contributed by atoms with Crippen LogP contribution in [0.2, 0.25) is 0 Å². The number of hydrogen-bond acceptors (Lipinski definition) is 6. The normalized spacial score (nSPS) is 11.4. The highest BCUT2D eigenvalue weighted by Gasteiger charge is 2.18. The van der Waals surface area contributed by atoms with Crippen molar-refractivity contribution in [1.82, 2.24) is 0 Å². The highest BCUT2D eigenvalue weighted by molar-refractivity contribution is 6.08. The first-order valence-corrected chi connectivity index (χ1v) is 7.01. The van der Waals surface area contributed by atoms with E-state index in [2.05, 4.69) is 0 Å². The van der Waals surface area contributed by atoms with Crippen molar-refractivity contribution in [1.29, 1.82) is 0 Å². The van der Waals surface area contributed by atoms with Crippen molar-refractivity contribution in [2.24, 2.45) is 0 Å². The van der Waals surface area contributed by atoms with E-state index in [1.807, 2.05) is 0 Å². The summed E-state index contributed by atoms with van der Waals surface area (Å²) >= 11 is 0. The third-order valence-corrected chi connectivity index (χ3v) is 3.35. The number of fused-ring (bicyclic) bond motifs is 2. The van der Waals surface area contributed by atoms with E-state index in [0.717, 1.165) is 5.39 Å². The summed E-state index contributed by atoms with van der Waals surface area (Å²) in [5.41, 5.74) is 0.726. The van der Waals surface area contributed by atoms with Crippen LogP contribution in [-0.2, 0) is 9.53 Å². The lowest BCUT2D eigenvalue weighted by Crippen LogP contribution is -2.00. The van der Waals surface area contributed by atoms with E-state index in [1.165, 1.54) is 31.6 Å². The molecule has 0 aliphatic rings. The molecule has 3 aromatic rings. The van der Waals surface area contributed by atoms with Gasteiger partial charge in [-0.15, -0.1) is 0 Å². The summed E-state index contributed by atoms with van der Waals surface area (Å²) in [4.78, 5) is 23.2. The Morgan fingerprint density at radius 2 is 2.00 bits per heavy atom. The molecule has 118 valence electrons. The molecule has 0 aliphatic carbocycles. The summed E-state index contributed by atoms with van der Waals surface area (Å²) in [6.45, 7) is 2.00. The number of carbonyl (C=O) groups is 1. The summed E-state index contributed by atoms with van der Waals surface area (Å²) in [5.74, 6) is 0.0511. The van der Waals surface area contributed by atoms with Gasteiger partial charge in [0.2, 0.25) is 0 Å². The van der Waals surface area contributed by atoms with Crippen molar-refractivity contribution in [2.75, 3.05) is 13.7 Å². The van der Waals surface area contributed by atoms with Crippen LogP contribution in [0.4, 0.5) is 0 Å². The van der Waals surface area contributed by atoms with Gasteiger partial charge in [0.15, 0.2) is 5.58 Å². The molecule has 0 radical (unpaired) electrons. The van der Waals surface area contributed by atoms with Gasteiger partial charge in [0.1, 0.15) is 11.3 Å². The topological polar surface area (TPSA) is 78.9 Å². The molecule has 0 saturated heterocycles. The molecule has 6 heteroatoms. The van der Waals surface area contributed by atoms with Gasteiger partial charge in [-0.25, -0.2) is 9.59 Å². The standard InChI is InChI=1S/C17H14O6/c1-3-21-13(18)6-4-11-16-12(8-9-22-16)15(20-2)10-5-7-14(19)23-17(10)11/h4-9H,3H2,1-2H3/b6-4+. The Hall–Kier alpha value is -3.02. The molecular weight excluding hydrogens is 300 g/mol. The Morgan fingerprint density at radius 1 is 1.22 bits per heavy atom. The molecule has 1 aromatic carbocycles. The van der Waals surface area contributed by atoms with Crippen molar-refractivity contribution in [3.63, 3.8) is 0 Å². The van der Waals surface area contributed by atoms with E-state index >= 15 is 0 Å². The molecule has 0 saturated carbocycles. The first kappa shape index (κ1) is 14.9. The molecule has 0 amide bonds. The minimum atomic E-state index is -0.503. The molecule has 0 atom stereocenters. The molecule has 23 heavy (non-hydrogen) atoms. The van der Waals surface area contributed by atoms with Gasteiger partial charge < -0.3 is 18.3 Å². The van der Waals surface area contributed by atoms with Crippen LogP contribution >= 0.6 is 0 Å². The van der Waals surface area contributed by atoms with Gasteiger partial charge in [-0.1, -0.05) is 0 Å². The predicted octanol–water partition coefficient (Wildman–Crippen LogP) is 3.12. The molecule has 2 aromatic heterocycles. The summed E-state index contributed by atoms with van der Waals surface area (Å²) in [6.07, 6.45) is 4.28. The zero-order valence-electron chi connectivity index (χ0n) is 12.6. The minimum absolute atomic E-state index is 0.276. The van der Waals surface area contributed by atoms with Gasteiger partial charge in [0.05, 0.1) is 36.3 Å². The molecule has 0 aliphatic heterocycles. The third-order valence-electron chi connectivity index (χ3n) is 3.35. The molecule has 2 heterocycles. The number of ether oxygens (including phenoxy) is 2. The zero-order chi connectivity index (χ0) is 16.4. The van der Waals surface area contributed by atoms with Crippen molar-refractivity contribution in [3.8, 4) is 5.75 Å². The van der Waals surface area contributed by atoms with Crippen LogP contribution in [0.5, 0.6) is 5.75 Å². The minimum Gasteiger partial charge on any atom is -0.495 e. The fourth-order valence-corrected chi connectivity index (χ4v) is 2.45. The van der Waals surface area contributed by atoms with Gasteiger partial charge in [-0.05, 0) is 25.1 Å². The fourth-order valence-electron chi connectivity index (χ4n) is 2.45. The number of hydrogen-bond donors (Lipinski definition) is 0. The number of furan rings is 1. The maximum absolute atomic E-state index is 11.6. The van der Waals surface area contributed by atoms with Crippen LogP contribution in [0.15, 0.2) is 44.2 Å². The highest BCUT2D eigenvalue weighted by atomic mass is 16.5. The lowest BCUT2D eigenvalue weighted by Gasteiger charge is -2.08. The average molecular weight is 314 g/mol. The Morgan fingerprint density at radius 3 is 2.74 bits per heavy atom. The van der Waals surface area contributed by atoms with Crippen LogP contribution in [0.3, 0.4) is 0 Å². The van der Waals surface area contributed by atoms with E-state index in [1.54, 1.807) is 19.1 Å². The summed E-state index contributed by atoms with van der Waals surface area (Å²) in [5, 5.41) is 1.34. The first-order chi connectivity index (χ1) is 11.2. The second-order valence-electron chi connectivity index (χ2n) is 4.69. The molecule has 0 N–H and O–H groups in total. The maximum atomic E-state index is 11.6. The Kier molecular flexibility index (Phi) is 3.89. The van der Waals surface area contributed by atoms with Gasteiger partial charge in [-0.3, -0.25) is 0 Å². The highest BCUT2D eigenvalue weighted by Crippen LogP contribution is 2.38. The second kappa shape index (κ2) is 6.00. The Labute approximate surface area is 130 Å². The van der Waals surface area contributed by atoms with E-state index in [9.17, 15) is 9.59 Å². The van der Waals surface area contributed by atoms with Crippen LogP contribution in [0.1, 0.15) is 12.5 Å². The number of rotatable bonds is 4. The number of carbonyl (C=O) groups excluding carboxylic acids is 1. The monoisotopic (exact) mass is 314 g/mol. The lowest BCUT2D eigenvalue weighted by atomic mass is 10.1. The van der Waals surface area contributed by atoms with E-state index < -0.39 is 11.6 Å². The van der Waals surface area contributed by atoms with Gasteiger partial charge in [-0.2, -0.15) is 0 Å². The zero-order valence-corrected chi connectivity index (χ0v) is 12.6. The SMILES string of the molecule is CCOC(=O)/C=C/c1c2occc2c(OC)c2ccc(=O)oc12. The molecule has 6 nitrogen and oxygen atoms in total. The van der Waals surface area contributed by atoms with Crippen LogP contribution < -0.4 is 10.4 Å². The number of benzene rings is 1. The summed E-state index contributed by atoms with van der Waals surface area (Å²) < 4.78 is 21.1. The van der Waals surface area contributed by atoms with Crippen molar-refractivity contribution >= 4 is 34.0 Å². The quantitative estimate of drug-likeness (QED) is 0.418. The Bertz CT molecular complexity index is 960. The van der Waals surface area contributed by atoms with Crippen molar-refractivity contribution < 1.29 is 23.1 Å². The number of methoxy groups -OCH3 is 1. The first-order valence-electron chi connectivity index (χ1n) is 7.01. The summed E-state index contributed by atoms with van der Waals surface area (Å²) in [6, 6.07) is 4.68. The maximum Gasteiger partial charge on any atom is 0.336 e. The van der Waals surface area contributed by atoms with E-state index in [-0.39, 0.29) is 12.2 Å². The van der Waals surface area contributed by atoms with Crippen LogP contribution in [0.25, 0.3) is 28.0 Å². The molecule has 3 rings (SSSR count). The largest absolute Gasteiger partial charge is 0.495 e. The molecule has 0 spiro atoms. The average Bonchev–Trinajstić information content (AvgIpc) is 3.01. The van der Waals surface area contributed by atoms with Gasteiger partial charge >= 0.3 is 11.6 Å². The molecule has 0 unspecified atom stereocenters. The van der Waals surface area contributed by atoms with Crippen LogP contribution in [0, 0.1) is 0 Å². The Balaban J connectivity index is 2.33. The van der Waals surface area contributed by atoms with Gasteiger partial charge in [0.25, 0.3) is 0 Å². The van der Waals surface area contributed by atoms with Crippen molar-refractivity contribution in [3.05, 3.63) is 46.5 Å². The van der Waals surface area contributed by atoms with Crippen LogP contribution in [-0.4, -0.2) is 19.7 Å². The number of esters is 1. The van der Waals surface area contributed by atoms with Crippen molar-refractivity contribution in [2.45, 2.75) is 6.92 Å². The molecule has 0 bridgehead atoms. The van der Waals surface area contributed by atoms with E-state index in [4.69, 9.17) is 18.3 Å². The smallest absolute Gasteiger partial charge is 0.336 e. The predicted molar refractivity (Wildman–Crippen MR) is 84.5 cm³/mol. The van der Waals surface area contributed by atoms with Gasteiger partial charge in [0, 0.05) is 12.1 Å². The molecule has 0 fully saturated rings. The second-order valence-corrected chi connectivity index (χ2v) is 4.69. The van der Waals surface area contributed by atoms with E-state index in [0.29, 0.717) is 22.3 Å². The lowest BCUT2D eigenvalue weighted by molar-refractivity contribution is -0.137. The molecular formula is C17H14O6. The third kappa shape index (κ3) is 2.59. The summed E-state index contributed by atoms with van der Waals surface area (Å²) in [7, 11) is 1.53.